The first-order chi connectivity index (χ1) is 10.8. The van der Waals surface area contributed by atoms with Crippen LogP contribution in [0.2, 0.25) is 5.02 Å². The van der Waals surface area contributed by atoms with Gasteiger partial charge in [0.1, 0.15) is 5.82 Å². The molecular formula is C18H17ClN2O. The zero-order chi connectivity index (χ0) is 15.4. The number of pyridine rings is 1. The van der Waals surface area contributed by atoms with E-state index >= 15 is 0 Å². The molecule has 22 heavy (non-hydrogen) atoms. The quantitative estimate of drug-likeness (QED) is 0.742. The van der Waals surface area contributed by atoms with Gasteiger partial charge in [-0.15, -0.1) is 0 Å². The van der Waals surface area contributed by atoms with Gasteiger partial charge in [0.25, 0.3) is 0 Å². The van der Waals surface area contributed by atoms with Crippen LogP contribution in [0.25, 0.3) is 10.9 Å². The molecule has 0 aliphatic heterocycles. The Hall–Kier alpha value is -2.10. The van der Waals surface area contributed by atoms with Crippen LogP contribution in [-0.2, 0) is 4.74 Å². The molecule has 1 N–H and O–H groups in total. The van der Waals surface area contributed by atoms with Crippen molar-refractivity contribution in [2.24, 2.45) is 0 Å². The number of rotatable bonds is 5. The summed E-state index contributed by atoms with van der Waals surface area (Å²) in [5, 5.41) is 5.28. The minimum absolute atomic E-state index is 0.0240. The van der Waals surface area contributed by atoms with E-state index in [-0.39, 0.29) is 6.04 Å². The molecule has 0 saturated carbocycles. The van der Waals surface area contributed by atoms with Crippen LogP contribution >= 0.6 is 11.6 Å². The van der Waals surface area contributed by atoms with Crippen LogP contribution in [0.15, 0.2) is 60.7 Å². The largest absolute Gasteiger partial charge is 0.382 e. The summed E-state index contributed by atoms with van der Waals surface area (Å²) in [6, 6.07) is 19.9. The van der Waals surface area contributed by atoms with Gasteiger partial charge in [0.15, 0.2) is 0 Å². The summed E-state index contributed by atoms with van der Waals surface area (Å²) < 4.78 is 5.33. The zero-order valence-electron chi connectivity index (χ0n) is 12.3. The summed E-state index contributed by atoms with van der Waals surface area (Å²) in [6.45, 7) is 0.552. The third kappa shape index (κ3) is 3.38. The number of hydrogen-bond acceptors (Lipinski definition) is 3. The minimum Gasteiger partial charge on any atom is -0.382 e. The standard InChI is InChI=1S/C18H17ClN2O/c1-22-12-17(14-6-9-15(19)10-7-14)21-18-11-8-13-4-2-3-5-16(13)20-18/h2-11,17H,12H2,1H3,(H,20,21)/t17-/m0/s1. The van der Waals surface area contributed by atoms with Gasteiger partial charge >= 0.3 is 0 Å². The number of hydrogen-bond donors (Lipinski definition) is 1. The number of methoxy groups -OCH3 is 1. The summed E-state index contributed by atoms with van der Waals surface area (Å²) >= 11 is 5.95. The number of halogens is 1. The Morgan fingerprint density at radius 1 is 1.05 bits per heavy atom. The Kier molecular flexibility index (Phi) is 4.56. The van der Waals surface area contributed by atoms with Gasteiger partial charge < -0.3 is 10.1 Å². The lowest BCUT2D eigenvalue weighted by Gasteiger charge is -2.19. The van der Waals surface area contributed by atoms with Crippen molar-refractivity contribution in [3.63, 3.8) is 0 Å². The maximum Gasteiger partial charge on any atom is 0.127 e. The molecule has 0 aliphatic carbocycles. The predicted molar refractivity (Wildman–Crippen MR) is 91.4 cm³/mol. The summed E-state index contributed by atoms with van der Waals surface area (Å²) in [5.41, 5.74) is 2.08. The van der Waals surface area contributed by atoms with E-state index in [9.17, 15) is 0 Å². The van der Waals surface area contributed by atoms with Crippen LogP contribution in [0, 0.1) is 0 Å². The molecule has 1 atom stereocenters. The van der Waals surface area contributed by atoms with E-state index in [0.717, 1.165) is 27.3 Å². The van der Waals surface area contributed by atoms with Crippen molar-refractivity contribution in [1.82, 2.24) is 4.98 Å². The molecule has 1 aromatic heterocycles. The number of benzene rings is 2. The molecule has 4 heteroatoms. The Bertz CT molecular complexity index is 758. The number of anilines is 1. The predicted octanol–water partition coefficient (Wildman–Crippen LogP) is 4.69. The van der Waals surface area contributed by atoms with Crippen LogP contribution in [0.5, 0.6) is 0 Å². The molecule has 3 rings (SSSR count). The van der Waals surface area contributed by atoms with Crippen molar-refractivity contribution < 1.29 is 4.74 Å². The molecule has 3 aromatic rings. The zero-order valence-corrected chi connectivity index (χ0v) is 13.0. The molecule has 0 saturated heterocycles. The first kappa shape index (κ1) is 14.8. The summed E-state index contributed by atoms with van der Waals surface area (Å²) in [6.07, 6.45) is 0. The average molecular weight is 313 g/mol. The molecule has 3 nitrogen and oxygen atoms in total. The highest BCUT2D eigenvalue weighted by molar-refractivity contribution is 6.30. The Morgan fingerprint density at radius 2 is 1.82 bits per heavy atom. The fourth-order valence-corrected chi connectivity index (χ4v) is 2.53. The van der Waals surface area contributed by atoms with Crippen LogP contribution in [0.1, 0.15) is 11.6 Å². The first-order valence-electron chi connectivity index (χ1n) is 7.13. The van der Waals surface area contributed by atoms with Crippen LogP contribution in [0.3, 0.4) is 0 Å². The lowest BCUT2D eigenvalue weighted by molar-refractivity contribution is 0.186. The van der Waals surface area contributed by atoms with Gasteiger partial charge in [0.05, 0.1) is 18.2 Å². The van der Waals surface area contributed by atoms with Gasteiger partial charge in [0, 0.05) is 17.5 Å². The molecule has 0 spiro atoms. The van der Waals surface area contributed by atoms with Gasteiger partial charge in [-0.25, -0.2) is 4.98 Å². The topological polar surface area (TPSA) is 34.1 Å². The number of aromatic nitrogens is 1. The van der Waals surface area contributed by atoms with Crippen molar-refractivity contribution in [3.05, 3.63) is 71.2 Å². The van der Waals surface area contributed by atoms with E-state index in [4.69, 9.17) is 16.3 Å². The summed E-state index contributed by atoms with van der Waals surface area (Å²) in [4.78, 5) is 4.65. The van der Waals surface area contributed by atoms with Crippen molar-refractivity contribution in [2.75, 3.05) is 19.0 Å². The molecular weight excluding hydrogens is 296 g/mol. The number of nitrogens with one attached hydrogen (secondary N) is 1. The highest BCUT2D eigenvalue weighted by atomic mass is 35.5. The number of fused-ring (bicyclic) bond motifs is 1. The highest BCUT2D eigenvalue weighted by Crippen LogP contribution is 2.22. The summed E-state index contributed by atoms with van der Waals surface area (Å²) in [5.74, 6) is 0.829. The molecule has 0 radical (unpaired) electrons. The van der Waals surface area contributed by atoms with Crippen molar-refractivity contribution in [1.29, 1.82) is 0 Å². The third-order valence-corrected chi connectivity index (χ3v) is 3.78. The van der Waals surface area contributed by atoms with E-state index in [1.54, 1.807) is 7.11 Å². The molecule has 0 bridgehead atoms. The Labute approximate surface area is 134 Å². The lowest BCUT2D eigenvalue weighted by Crippen LogP contribution is -2.16. The number of ether oxygens (including phenoxy) is 1. The highest BCUT2D eigenvalue weighted by Gasteiger charge is 2.12. The third-order valence-electron chi connectivity index (χ3n) is 3.53. The fraction of sp³-hybridized carbons (Fsp3) is 0.167. The van der Waals surface area contributed by atoms with Crippen LogP contribution in [-0.4, -0.2) is 18.7 Å². The maximum atomic E-state index is 5.95. The van der Waals surface area contributed by atoms with Gasteiger partial charge in [0.2, 0.25) is 0 Å². The van der Waals surface area contributed by atoms with E-state index < -0.39 is 0 Å². The number of para-hydroxylation sites is 1. The van der Waals surface area contributed by atoms with Crippen molar-refractivity contribution in [2.45, 2.75) is 6.04 Å². The Balaban J connectivity index is 1.86. The second kappa shape index (κ2) is 6.77. The molecule has 1 heterocycles. The second-order valence-electron chi connectivity index (χ2n) is 5.09. The SMILES string of the molecule is COC[C@H](Nc1ccc2ccccc2n1)c1ccc(Cl)cc1. The number of nitrogens with zero attached hydrogens (tertiary/aromatic N) is 1. The van der Waals surface area contributed by atoms with E-state index in [0.29, 0.717) is 6.61 Å². The molecule has 0 amide bonds. The molecule has 0 fully saturated rings. The van der Waals surface area contributed by atoms with Crippen molar-refractivity contribution in [3.8, 4) is 0 Å². The molecule has 0 aliphatic rings. The molecule has 2 aromatic carbocycles. The summed E-state index contributed by atoms with van der Waals surface area (Å²) in [7, 11) is 1.69. The molecule has 0 unspecified atom stereocenters. The second-order valence-corrected chi connectivity index (χ2v) is 5.53. The normalized spacial score (nSPS) is 12.3. The van der Waals surface area contributed by atoms with Gasteiger partial charge in [-0.3, -0.25) is 0 Å². The van der Waals surface area contributed by atoms with E-state index in [2.05, 4.69) is 22.4 Å². The monoisotopic (exact) mass is 312 g/mol. The van der Waals surface area contributed by atoms with Gasteiger partial charge in [-0.1, -0.05) is 41.9 Å². The van der Waals surface area contributed by atoms with Crippen molar-refractivity contribution >= 4 is 28.3 Å². The van der Waals surface area contributed by atoms with Crippen LogP contribution < -0.4 is 5.32 Å². The maximum absolute atomic E-state index is 5.95. The minimum atomic E-state index is 0.0240. The van der Waals surface area contributed by atoms with E-state index in [1.807, 2.05) is 48.5 Å². The smallest absolute Gasteiger partial charge is 0.127 e. The van der Waals surface area contributed by atoms with E-state index in [1.165, 1.54) is 0 Å². The van der Waals surface area contributed by atoms with Gasteiger partial charge in [-0.05, 0) is 35.9 Å². The lowest BCUT2D eigenvalue weighted by atomic mass is 10.1. The Morgan fingerprint density at radius 3 is 2.59 bits per heavy atom. The van der Waals surface area contributed by atoms with Gasteiger partial charge in [-0.2, -0.15) is 0 Å². The molecule has 112 valence electrons. The van der Waals surface area contributed by atoms with Crippen LogP contribution in [0.4, 0.5) is 5.82 Å². The average Bonchev–Trinajstić information content (AvgIpc) is 2.55. The first-order valence-corrected chi connectivity index (χ1v) is 7.51. The fourth-order valence-electron chi connectivity index (χ4n) is 2.41.